The molecule has 0 saturated heterocycles. The van der Waals surface area contributed by atoms with E-state index in [2.05, 4.69) is 46.3 Å². The Morgan fingerprint density at radius 2 is 1.74 bits per heavy atom. The van der Waals surface area contributed by atoms with E-state index in [1.807, 2.05) is 0 Å². The molecule has 0 radical (unpaired) electrons. The summed E-state index contributed by atoms with van der Waals surface area (Å²) in [5.74, 6) is 1.28. The number of halogens is 1. The van der Waals surface area contributed by atoms with Gasteiger partial charge in [0.2, 0.25) is 0 Å². The summed E-state index contributed by atoms with van der Waals surface area (Å²) in [7, 11) is 0. The summed E-state index contributed by atoms with van der Waals surface area (Å²) < 4.78 is 6.01. The molecule has 1 atom stereocenters. The molecule has 0 N–H and O–H groups in total. The summed E-state index contributed by atoms with van der Waals surface area (Å²) >= 11 is 3.61. The molecule has 19 heavy (non-hydrogen) atoms. The summed E-state index contributed by atoms with van der Waals surface area (Å²) in [5.41, 5.74) is 1.38. The van der Waals surface area contributed by atoms with Crippen LogP contribution in [0.5, 0.6) is 0 Å². The molecule has 1 nitrogen and oxygen atoms in total. The number of hydrogen-bond acceptors (Lipinski definition) is 1. The van der Waals surface area contributed by atoms with Crippen LogP contribution in [0.3, 0.4) is 0 Å². The van der Waals surface area contributed by atoms with Gasteiger partial charge in [-0.15, -0.1) is 0 Å². The van der Waals surface area contributed by atoms with Gasteiger partial charge in [-0.2, -0.15) is 0 Å². The summed E-state index contributed by atoms with van der Waals surface area (Å²) in [6.45, 7) is 1.79. The molecule has 0 aliphatic heterocycles. The second-order valence-corrected chi connectivity index (χ2v) is 6.30. The molecule has 1 aromatic carbocycles. The van der Waals surface area contributed by atoms with Crippen LogP contribution in [0.4, 0.5) is 0 Å². The first-order valence-corrected chi connectivity index (χ1v) is 8.71. The van der Waals surface area contributed by atoms with E-state index in [0.717, 1.165) is 24.5 Å². The van der Waals surface area contributed by atoms with Gasteiger partial charge in [0, 0.05) is 17.9 Å². The summed E-state index contributed by atoms with van der Waals surface area (Å²) in [5, 5.41) is 0.974. The van der Waals surface area contributed by atoms with Gasteiger partial charge < -0.3 is 4.74 Å². The van der Waals surface area contributed by atoms with E-state index in [1.165, 1.54) is 44.1 Å². The number of ether oxygens (including phenoxy) is 1. The number of hydrogen-bond donors (Lipinski definition) is 0. The van der Waals surface area contributed by atoms with Crippen molar-refractivity contribution in [1.82, 2.24) is 0 Å². The van der Waals surface area contributed by atoms with Crippen LogP contribution < -0.4 is 0 Å². The van der Waals surface area contributed by atoms with Crippen molar-refractivity contribution in [3.63, 3.8) is 0 Å². The average molecular weight is 325 g/mol. The van der Waals surface area contributed by atoms with E-state index >= 15 is 0 Å². The van der Waals surface area contributed by atoms with Crippen LogP contribution in [0.2, 0.25) is 0 Å². The van der Waals surface area contributed by atoms with Gasteiger partial charge >= 0.3 is 0 Å². The Bertz CT molecular complexity index is 330. The van der Waals surface area contributed by atoms with E-state index in [1.54, 1.807) is 0 Å². The van der Waals surface area contributed by atoms with Gasteiger partial charge in [-0.3, -0.25) is 0 Å². The molecule has 0 bridgehead atoms. The molecule has 1 unspecified atom stereocenters. The Morgan fingerprint density at radius 1 is 1.05 bits per heavy atom. The third-order valence-electron chi connectivity index (χ3n) is 4.10. The van der Waals surface area contributed by atoms with Crippen LogP contribution >= 0.6 is 15.9 Å². The number of alkyl halides is 1. The molecular formula is C17H25BrO. The summed E-state index contributed by atoms with van der Waals surface area (Å²) in [6.07, 6.45) is 8.37. The third kappa shape index (κ3) is 5.27. The van der Waals surface area contributed by atoms with Crippen LogP contribution in [0, 0.1) is 5.92 Å². The molecule has 1 saturated carbocycles. The highest BCUT2D eigenvalue weighted by atomic mass is 79.9. The molecule has 0 heterocycles. The minimum atomic E-state index is 0.479. The van der Waals surface area contributed by atoms with Gasteiger partial charge in [-0.05, 0) is 24.3 Å². The van der Waals surface area contributed by atoms with Gasteiger partial charge in [0.25, 0.3) is 0 Å². The Hall–Kier alpha value is -0.340. The van der Waals surface area contributed by atoms with E-state index in [9.17, 15) is 0 Å². The monoisotopic (exact) mass is 324 g/mol. The lowest BCUT2D eigenvalue weighted by molar-refractivity contribution is 0.0864. The predicted octanol–water partition coefficient (Wildman–Crippen LogP) is 5.15. The van der Waals surface area contributed by atoms with Gasteiger partial charge in [0.1, 0.15) is 0 Å². The van der Waals surface area contributed by atoms with Crippen molar-refractivity contribution in [1.29, 1.82) is 0 Å². The SMILES string of the molecule is BrCC(COCC1CCCCCC1)c1ccccc1. The lowest BCUT2D eigenvalue weighted by Crippen LogP contribution is -2.15. The predicted molar refractivity (Wildman–Crippen MR) is 85.0 cm³/mol. The van der Waals surface area contributed by atoms with Crippen molar-refractivity contribution < 1.29 is 4.74 Å². The Labute approximate surface area is 125 Å². The average Bonchev–Trinajstić information content (AvgIpc) is 2.73. The zero-order chi connectivity index (χ0) is 13.3. The third-order valence-corrected chi connectivity index (χ3v) is 4.89. The van der Waals surface area contributed by atoms with Crippen molar-refractivity contribution in [2.45, 2.75) is 44.4 Å². The first-order chi connectivity index (χ1) is 9.40. The lowest BCUT2D eigenvalue weighted by Gasteiger charge is -2.18. The van der Waals surface area contributed by atoms with Gasteiger partial charge in [0.15, 0.2) is 0 Å². The Kier molecular flexibility index (Phi) is 6.94. The fraction of sp³-hybridized carbons (Fsp3) is 0.647. The highest BCUT2D eigenvalue weighted by Gasteiger charge is 2.14. The molecule has 2 rings (SSSR count). The van der Waals surface area contributed by atoms with E-state index in [0.29, 0.717) is 5.92 Å². The van der Waals surface area contributed by atoms with Gasteiger partial charge in [-0.25, -0.2) is 0 Å². The molecule has 0 spiro atoms. The normalized spacial score (nSPS) is 19.0. The second kappa shape index (κ2) is 8.76. The Balaban J connectivity index is 1.74. The molecule has 1 aliphatic carbocycles. The van der Waals surface area contributed by atoms with Crippen molar-refractivity contribution in [3.8, 4) is 0 Å². The standard InChI is InChI=1S/C17H25BrO/c18-12-17(16-10-6-3-7-11-16)14-19-13-15-8-4-1-2-5-9-15/h3,6-7,10-11,15,17H,1-2,4-5,8-9,12-14H2. The molecule has 1 fully saturated rings. The minimum Gasteiger partial charge on any atom is -0.380 e. The molecular weight excluding hydrogens is 300 g/mol. The molecule has 1 aromatic rings. The zero-order valence-electron chi connectivity index (χ0n) is 11.7. The number of benzene rings is 1. The molecule has 0 amide bonds. The maximum absolute atomic E-state index is 6.01. The van der Waals surface area contributed by atoms with Crippen LogP contribution in [0.1, 0.15) is 50.0 Å². The van der Waals surface area contributed by atoms with Crippen molar-refractivity contribution in [2.75, 3.05) is 18.5 Å². The maximum Gasteiger partial charge on any atom is 0.0542 e. The topological polar surface area (TPSA) is 9.23 Å². The fourth-order valence-corrected chi connectivity index (χ4v) is 3.42. The minimum absolute atomic E-state index is 0.479. The first kappa shape index (κ1) is 15.1. The summed E-state index contributed by atoms with van der Waals surface area (Å²) in [6, 6.07) is 10.7. The van der Waals surface area contributed by atoms with Crippen LogP contribution in [0.15, 0.2) is 30.3 Å². The van der Waals surface area contributed by atoms with Crippen LogP contribution in [-0.4, -0.2) is 18.5 Å². The van der Waals surface area contributed by atoms with E-state index in [-0.39, 0.29) is 0 Å². The first-order valence-electron chi connectivity index (χ1n) is 7.59. The summed E-state index contributed by atoms with van der Waals surface area (Å²) in [4.78, 5) is 0. The molecule has 1 aliphatic rings. The molecule has 106 valence electrons. The van der Waals surface area contributed by atoms with E-state index in [4.69, 9.17) is 4.74 Å². The molecule has 0 aromatic heterocycles. The van der Waals surface area contributed by atoms with E-state index < -0.39 is 0 Å². The highest BCUT2D eigenvalue weighted by Crippen LogP contribution is 2.24. The smallest absolute Gasteiger partial charge is 0.0542 e. The van der Waals surface area contributed by atoms with Gasteiger partial charge in [0.05, 0.1) is 6.61 Å². The van der Waals surface area contributed by atoms with Crippen molar-refractivity contribution in [2.24, 2.45) is 5.92 Å². The molecule has 2 heteroatoms. The quantitative estimate of drug-likeness (QED) is 0.519. The van der Waals surface area contributed by atoms with Crippen molar-refractivity contribution in [3.05, 3.63) is 35.9 Å². The second-order valence-electron chi connectivity index (χ2n) is 5.66. The number of rotatable bonds is 6. The van der Waals surface area contributed by atoms with Crippen LogP contribution in [0.25, 0.3) is 0 Å². The van der Waals surface area contributed by atoms with Crippen LogP contribution in [-0.2, 0) is 4.74 Å². The fourth-order valence-electron chi connectivity index (χ4n) is 2.86. The maximum atomic E-state index is 6.01. The van der Waals surface area contributed by atoms with Crippen molar-refractivity contribution >= 4 is 15.9 Å². The largest absolute Gasteiger partial charge is 0.380 e. The Morgan fingerprint density at radius 3 is 2.37 bits per heavy atom. The zero-order valence-corrected chi connectivity index (χ0v) is 13.3. The lowest BCUT2D eigenvalue weighted by atomic mass is 10.0. The van der Waals surface area contributed by atoms with Gasteiger partial charge in [-0.1, -0.05) is 71.9 Å². The highest BCUT2D eigenvalue weighted by molar-refractivity contribution is 9.09.